The molecule has 1 aliphatic heterocycles. The molecule has 0 aliphatic carbocycles. The van der Waals surface area contributed by atoms with E-state index < -0.39 is 10.0 Å². The van der Waals surface area contributed by atoms with Crippen LogP contribution in [0.1, 0.15) is 12.8 Å². The first-order chi connectivity index (χ1) is 13.0. The maximum atomic E-state index is 13.1. The van der Waals surface area contributed by atoms with Crippen LogP contribution < -0.4 is 9.62 Å². The summed E-state index contributed by atoms with van der Waals surface area (Å²) in [5.74, 6) is -0.389. The van der Waals surface area contributed by atoms with E-state index in [0.717, 1.165) is 17.1 Å². The van der Waals surface area contributed by atoms with E-state index in [4.69, 9.17) is 16.3 Å². The maximum Gasteiger partial charge on any atom is 0.264 e. The summed E-state index contributed by atoms with van der Waals surface area (Å²) in [6.45, 7) is 0.740. The molecule has 1 atom stereocenters. The maximum absolute atomic E-state index is 13.1. The van der Waals surface area contributed by atoms with Gasteiger partial charge in [-0.1, -0.05) is 29.8 Å². The van der Waals surface area contributed by atoms with Crippen molar-refractivity contribution in [3.63, 3.8) is 0 Å². The molecule has 144 valence electrons. The van der Waals surface area contributed by atoms with Gasteiger partial charge in [-0.15, -0.1) is 0 Å². The summed E-state index contributed by atoms with van der Waals surface area (Å²) < 4.78 is 32.8. The van der Waals surface area contributed by atoms with Crippen molar-refractivity contribution in [3.05, 3.63) is 59.6 Å². The molecule has 2 aromatic rings. The number of hydrogen-bond donors (Lipinski definition) is 1. The minimum absolute atomic E-state index is 0.0105. The van der Waals surface area contributed by atoms with Gasteiger partial charge >= 0.3 is 0 Å². The number of carbonyl (C=O) groups excluding carboxylic acids is 1. The van der Waals surface area contributed by atoms with E-state index in [2.05, 4.69) is 5.32 Å². The van der Waals surface area contributed by atoms with Gasteiger partial charge < -0.3 is 10.1 Å². The summed E-state index contributed by atoms with van der Waals surface area (Å²) in [7, 11) is -3.90. The lowest BCUT2D eigenvalue weighted by Crippen LogP contribution is -2.42. The van der Waals surface area contributed by atoms with Crippen molar-refractivity contribution < 1.29 is 17.9 Å². The number of ether oxygens (including phenoxy) is 1. The van der Waals surface area contributed by atoms with Crippen molar-refractivity contribution >= 4 is 33.2 Å². The van der Waals surface area contributed by atoms with Crippen molar-refractivity contribution in [1.29, 1.82) is 0 Å². The first-order valence-corrected chi connectivity index (χ1v) is 10.5. The number of nitrogens with zero attached hydrogens (tertiary/aromatic N) is 1. The molecule has 8 heteroatoms. The highest BCUT2D eigenvalue weighted by Gasteiger charge is 2.27. The van der Waals surface area contributed by atoms with Crippen molar-refractivity contribution in [2.75, 3.05) is 24.0 Å². The average molecular weight is 409 g/mol. The molecule has 3 rings (SSSR count). The number of halogens is 1. The smallest absolute Gasteiger partial charge is 0.264 e. The lowest BCUT2D eigenvalue weighted by atomic mass is 10.2. The second-order valence-corrected chi connectivity index (χ2v) is 8.54. The van der Waals surface area contributed by atoms with Crippen molar-refractivity contribution in [3.8, 4) is 0 Å². The van der Waals surface area contributed by atoms with Crippen LogP contribution in [0, 0.1) is 0 Å². The lowest BCUT2D eigenvalue weighted by Gasteiger charge is -2.24. The first-order valence-electron chi connectivity index (χ1n) is 8.68. The van der Waals surface area contributed by atoms with Crippen LogP contribution in [0.4, 0.5) is 5.69 Å². The number of benzene rings is 2. The molecule has 1 saturated heterocycles. The normalized spacial score (nSPS) is 16.9. The minimum Gasteiger partial charge on any atom is -0.376 e. The molecule has 1 heterocycles. The molecule has 1 fully saturated rings. The van der Waals surface area contributed by atoms with Gasteiger partial charge in [0.1, 0.15) is 6.54 Å². The quantitative estimate of drug-likeness (QED) is 0.764. The SMILES string of the molecule is O=C(CN(c1ccc(Cl)cc1)S(=O)(=O)c1ccccc1)NC[C@H]1CCCO1. The summed E-state index contributed by atoms with van der Waals surface area (Å²) in [6, 6.07) is 14.4. The van der Waals surface area contributed by atoms with E-state index in [0.29, 0.717) is 23.9 Å². The van der Waals surface area contributed by atoms with E-state index >= 15 is 0 Å². The van der Waals surface area contributed by atoms with Gasteiger partial charge in [-0.25, -0.2) is 8.42 Å². The fourth-order valence-corrected chi connectivity index (χ4v) is 4.43. The van der Waals surface area contributed by atoms with Gasteiger partial charge in [-0.3, -0.25) is 9.10 Å². The highest BCUT2D eigenvalue weighted by Crippen LogP contribution is 2.25. The molecule has 0 spiro atoms. The van der Waals surface area contributed by atoms with Crippen molar-refractivity contribution in [1.82, 2.24) is 5.32 Å². The van der Waals surface area contributed by atoms with E-state index in [1.165, 1.54) is 12.1 Å². The van der Waals surface area contributed by atoms with Crippen LogP contribution in [-0.2, 0) is 19.6 Å². The molecule has 2 aromatic carbocycles. The average Bonchev–Trinajstić information content (AvgIpc) is 3.19. The Kier molecular flexibility index (Phi) is 6.36. The number of sulfonamides is 1. The van der Waals surface area contributed by atoms with Gasteiger partial charge in [-0.2, -0.15) is 0 Å². The molecule has 0 radical (unpaired) electrons. The van der Waals surface area contributed by atoms with Gasteiger partial charge in [0.2, 0.25) is 5.91 Å². The lowest BCUT2D eigenvalue weighted by molar-refractivity contribution is -0.120. The van der Waals surface area contributed by atoms with Crippen LogP contribution in [0.25, 0.3) is 0 Å². The molecular formula is C19H21ClN2O4S. The Morgan fingerprint density at radius 2 is 1.85 bits per heavy atom. The zero-order chi connectivity index (χ0) is 19.3. The Hall–Kier alpha value is -2.09. The number of carbonyl (C=O) groups is 1. The third-order valence-electron chi connectivity index (χ3n) is 4.28. The van der Waals surface area contributed by atoms with Crippen LogP contribution in [0.3, 0.4) is 0 Å². The summed E-state index contributed by atoms with van der Waals surface area (Å²) in [5.41, 5.74) is 0.371. The zero-order valence-corrected chi connectivity index (χ0v) is 16.2. The Bertz CT molecular complexity index is 866. The predicted molar refractivity (Wildman–Crippen MR) is 104 cm³/mol. The second kappa shape index (κ2) is 8.73. The number of anilines is 1. The highest BCUT2D eigenvalue weighted by atomic mass is 35.5. The van der Waals surface area contributed by atoms with E-state index in [1.54, 1.807) is 42.5 Å². The van der Waals surface area contributed by atoms with E-state index in [-0.39, 0.29) is 23.5 Å². The largest absolute Gasteiger partial charge is 0.376 e. The molecule has 0 bridgehead atoms. The number of amides is 1. The third kappa shape index (κ3) is 5.00. The number of nitrogens with one attached hydrogen (secondary N) is 1. The molecule has 6 nitrogen and oxygen atoms in total. The molecule has 0 aromatic heterocycles. The van der Waals surface area contributed by atoms with Crippen LogP contribution in [0.2, 0.25) is 5.02 Å². The first kappa shape index (κ1) is 19.7. The van der Waals surface area contributed by atoms with Crippen molar-refractivity contribution in [2.24, 2.45) is 0 Å². The minimum atomic E-state index is -3.90. The zero-order valence-electron chi connectivity index (χ0n) is 14.7. The van der Waals surface area contributed by atoms with Gasteiger partial charge in [0.05, 0.1) is 16.7 Å². The van der Waals surface area contributed by atoms with Crippen LogP contribution in [0.15, 0.2) is 59.5 Å². The van der Waals surface area contributed by atoms with E-state index in [1.807, 2.05) is 0 Å². The third-order valence-corrected chi connectivity index (χ3v) is 6.32. The molecule has 27 heavy (non-hydrogen) atoms. The van der Waals surface area contributed by atoms with Crippen LogP contribution in [0.5, 0.6) is 0 Å². The molecule has 1 amide bonds. The van der Waals surface area contributed by atoms with Gasteiger partial charge in [0.15, 0.2) is 0 Å². The molecular weight excluding hydrogens is 388 g/mol. The monoisotopic (exact) mass is 408 g/mol. The van der Waals surface area contributed by atoms with E-state index in [9.17, 15) is 13.2 Å². The van der Waals surface area contributed by atoms with Crippen LogP contribution in [-0.4, -0.2) is 40.1 Å². The Morgan fingerprint density at radius 1 is 1.15 bits per heavy atom. The topological polar surface area (TPSA) is 75.7 Å². The fourth-order valence-electron chi connectivity index (χ4n) is 2.86. The Morgan fingerprint density at radius 3 is 2.48 bits per heavy atom. The second-order valence-electron chi connectivity index (χ2n) is 6.24. The molecule has 0 unspecified atom stereocenters. The van der Waals surface area contributed by atoms with Gasteiger partial charge in [-0.05, 0) is 49.2 Å². The summed E-state index contributed by atoms with van der Waals surface area (Å²) in [4.78, 5) is 12.5. The van der Waals surface area contributed by atoms with Crippen molar-refractivity contribution in [2.45, 2.75) is 23.8 Å². The summed E-state index contributed by atoms with van der Waals surface area (Å²) in [6.07, 6.45) is 1.85. The van der Waals surface area contributed by atoms with Crippen LogP contribution >= 0.6 is 11.6 Å². The fraction of sp³-hybridized carbons (Fsp3) is 0.316. The molecule has 1 aliphatic rings. The molecule has 0 saturated carbocycles. The predicted octanol–water partition coefficient (Wildman–Crippen LogP) is 2.83. The Balaban J connectivity index is 1.81. The number of hydrogen-bond acceptors (Lipinski definition) is 4. The Labute approximate surface area is 164 Å². The highest BCUT2D eigenvalue weighted by molar-refractivity contribution is 7.92. The standard InChI is InChI=1S/C19H21ClN2O4S/c20-15-8-10-16(11-9-15)22(27(24,25)18-6-2-1-3-7-18)14-19(23)21-13-17-5-4-12-26-17/h1-3,6-11,17H,4-5,12-14H2,(H,21,23)/t17-/m1/s1. The van der Waals surface area contributed by atoms with Gasteiger partial charge in [0.25, 0.3) is 10.0 Å². The summed E-state index contributed by atoms with van der Waals surface area (Å²) in [5, 5.41) is 3.25. The number of rotatable bonds is 7. The summed E-state index contributed by atoms with van der Waals surface area (Å²) >= 11 is 5.91. The van der Waals surface area contributed by atoms with Gasteiger partial charge in [0, 0.05) is 18.2 Å². The molecule has 1 N–H and O–H groups in total.